The van der Waals surface area contributed by atoms with Crippen molar-refractivity contribution in [3.63, 3.8) is 0 Å². The average Bonchev–Trinajstić information content (AvgIpc) is 2.73. The molecule has 0 heterocycles. The number of unbranched alkanes of at least 4 members (excludes halogenated alkanes) is 12. The zero-order chi connectivity index (χ0) is 25.9. The van der Waals surface area contributed by atoms with Crippen molar-refractivity contribution in [3.05, 3.63) is 0 Å². The minimum atomic E-state index is -4.48. The number of quaternary nitrogens is 1. The molecule has 3 atom stereocenters. The van der Waals surface area contributed by atoms with Crippen LogP contribution in [0.15, 0.2) is 0 Å². The lowest BCUT2D eigenvalue weighted by Gasteiger charge is -2.28. The Balaban J connectivity index is 3.73. The molecule has 0 bridgehead atoms. The summed E-state index contributed by atoms with van der Waals surface area (Å²) in [7, 11) is 1.29. The first-order valence-corrected chi connectivity index (χ1v) is 14.8. The van der Waals surface area contributed by atoms with E-state index in [1.165, 1.54) is 64.2 Å². The highest BCUT2D eigenvalue weighted by Gasteiger charge is 2.23. The summed E-state index contributed by atoms with van der Waals surface area (Å²) < 4.78 is 27.2. The molecule has 0 aromatic heterocycles. The SMILES string of the molecule is CCCCCCCCCCCCCCCC(C)(O)OC[C@@H](O)COP(=O)([O-])OCC[N+](C)(C)C. The molecule has 2 unspecified atom stereocenters. The third kappa shape index (κ3) is 23.7. The summed E-state index contributed by atoms with van der Waals surface area (Å²) in [6.07, 6.45) is 15.6. The number of hydrogen-bond acceptors (Lipinski definition) is 7. The van der Waals surface area contributed by atoms with Crippen LogP contribution in [0.2, 0.25) is 0 Å². The average molecular weight is 512 g/mol. The highest BCUT2D eigenvalue weighted by molar-refractivity contribution is 7.45. The molecule has 0 aliphatic carbocycles. The van der Waals surface area contributed by atoms with Crippen LogP contribution in [0.25, 0.3) is 0 Å². The van der Waals surface area contributed by atoms with Crippen LogP contribution in [0.4, 0.5) is 0 Å². The zero-order valence-corrected chi connectivity index (χ0v) is 23.5. The van der Waals surface area contributed by atoms with Crippen molar-refractivity contribution in [2.75, 3.05) is 47.5 Å². The van der Waals surface area contributed by atoms with Crippen molar-refractivity contribution in [2.24, 2.45) is 0 Å². The van der Waals surface area contributed by atoms with Crippen LogP contribution < -0.4 is 4.89 Å². The van der Waals surface area contributed by atoms with Gasteiger partial charge in [0.2, 0.25) is 0 Å². The molecule has 2 N–H and O–H groups in total. The molecule has 8 nitrogen and oxygen atoms in total. The van der Waals surface area contributed by atoms with Gasteiger partial charge in [-0.15, -0.1) is 0 Å². The summed E-state index contributed by atoms with van der Waals surface area (Å²) in [5, 5.41) is 20.3. The summed E-state index contributed by atoms with van der Waals surface area (Å²) in [6, 6.07) is 0. The number of ether oxygens (including phenoxy) is 1. The molecular weight excluding hydrogens is 457 g/mol. The molecule has 9 heteroatoms. The predicted octanol–water partition coefficient (Wildman–Crippen LogP) is 4.76. The Labute approximate surface area is 209 Å². The lowest BCUT2D eigenvalue weighted by atomic mass is 10.0. The van der Waals surface area contributed by atoms with Crippen molar-refractivity contribution in [1.29, 1.82) is 0 Å². The van der Waals surface area contributed by atoms with Gasteiger partial charge in [0.1, 0.15) is 19.3 Å². The number of rotatable bonds is 24. The molecule has 0 rings (SSSR count). The largest absolute Gasteiger partial charge is 0.756 e. The van der Waals surface area contributed by atoms with Gasteiger partial charge in [-0.2, -0.15) is 0 Å². The van der Waals surface area contributed by atoms with Gasteiger partial charge >= 0.3 is 0 Å². The molecule has 0 aromatic carbocycles. The first-order chi connectivity index (χ1) is 15.9. The molecule has 0 saturated heterocycles. The minimum Gasteiger partial charge on any atom is -0.756 e. The van der Waals surface area contributed by atoms with Crippen LogP contribution in [-0.2, 0) is 18.3 Å². The minimum absolute atomic E-state index is 0.00467. The molecular formula is C25H54NO7P. The van der Waals surface area contributed by atoms with E-state index >= 15 is 0 Å². The normalized spacial score (nSPS) is 16.8. The van der Waals surface area contributed by atoms with Gasteiger partial charge in [-0.25, -0.2) is 0 Å². The first kappa shape index (κ1) is 34.0. The van der Waals surface area contributed by atoms with Gasteiger partial charge in [0.25, 0.3) is 7.82 Å². The molecule has 34 heavy (non-hydrogen) atoms. The second-order valence-corrected chi connectivity index (χ2v) is 12.1. The predicted molar refractivity (Wildman–Crippen MR) is 135 cm³/mol. The molecule has 0 aliphatic heterocycles. The van der Waals surface area contributed by atoms with Crippen molar-refractivity contribution in [3.8, 4) is 0 Å². The molecule has 0 spiro atoms. The number of hydrogen-bond donors (Lipinski definition) is 2. The Morgan fingerprint density at radius 1 is 0.853 bits per heavy atom. The van der Waals surface area contributed by atoms with Gasteiger partial charge < -0.3 is 33.4 Å². The highest BCUT2D eigenvalue weighted by Crippen LogP contribution is 2.38. The molecule has 0 saturated carbocycles. The summed E-state index contributed by atoms with van der Waals surface area (Å²) >= 11 is 0. The van der Waals surface area contributed by atoms with Crippen LogP contribution in [0.3, 0.4) is 0 Å². The van der Waals surface area contributed by atoms with Crippen molar-refractivity contribution in [2.45, 2.75) is 116 Å². The second kappa shape index (κ2) is 19.1. The molecule has 0 fully saturated rings. The second-order valence-electron chi connectivity index (χ2n) is 10.7. The number of nitrogens with zero attached hydrogens (tertiary/aromatic N) is 1. The standard InChI is InChI=1S/C25H54NO7P/c1-6-7-8-9-10-11-12-13-14-15-16-17-18-19-25(2,28)31-22-24(27)23-33-34(29,30)32-21-20-26(3,4)5/h24,27-28H,6-23H2,1-5H3/t24-,25?/m1/s1. The molecule has 0 aromatic rings. The van der Waals surface area contributed by atoms with Crippen molar-refractivity contribution >= 4 is 7.82 Å². The Morgan fingerprint density at radius 2 is 1.32 bits per heavy atom. The summed E-state index contributed by atoms with van der Waals surface area (Å²) in [5.74, 6) is -1.36. The zero-order valence-electron chi connectivity index (χ0n) is 22.6. The number of aliphatic hydroxyl groups is 2. The number of likely N-dealkylation sites (N-methyl/N-ethyl adjacent to an activating group) is 1. The maximum absolute atomic E-state index is 11.7. The van der Waals surface area contributed by atoms with Gasteiger partial charge in [-0.05, 0) is 13.3 Å². The topological polar surface area (TPSA) is 108 Å². The molecule has 206 valence electrons. The van der Waals surface area contributed by atoms with Gasteiger partial charge in [-0.3, -0.25) is 4.57 Å². The summed E-state index contributed by atoms with van der Waals surface area (Å²) in [6.45, 7) is 3.63. The molecule has 0 aliphatic rings. The lowest BCUT2D eigenvalue weighted by Crippen LogP contribution is -2.37. The van der Waals surface area contributed by atoms with Crippen LogP contribution in [-0.4, -0.2) is 74.1 Å². The van der Waals surface area contributed by atoms with Gasteiger partial charge in [-0.1, -0.05) is 84.0 Å². The number of phosphoric ester groups is 1. The van der Waals surface area contributed by atoms with Gasteiger partial charge in [0.05, 0.1) is 34.4 Å². The van der Waals surface area contributed by atoms with E-state index in [9.17, 15) is 19.7 Å². The first-order valence-electron chi connectivity index (χ1n) is 13.3. The maximum atomic E-state index is 11.7. The van der Waals surface area contributed by atoms with E-state index in [1.807, 2.05) is 21.1 Å². The monoisotopic (exact) mass is 511 g/mol. The lowest BCUT2D eigenvalue weighted by molar-refractivity contribution is -0.870. The quantitative estimate of drug-likeness (QED) is 0.0832. The smallest absolute Gasteiger partial charge is 0.268 e. The van der Waals surface area contributed by atoms with E-state index in [-0.39, 0.29) is 13.2 Å². The van der Waals surface area contributed by atoms with Gasteiger partial charge in [0.15, 0.2) is 5.79 Å². The van der Waals surface area contributed by atoms with Crippen LogP contribution >= 0.6 is 7.82 Å². The van der Waals surface area contributed by atoms with Crippen molar-refractivity contribution < 1.29 is 37.9 Å². The fraction of sp³-hybridized carbons (Fsp3) is 1.00. The third-order valence-electron chi connectivity index (χ3n) is 5.77. The van der Waals surface area contributed by atoms with E-state index in [1.54, 1.807) is 6.92 Å². The van der Waals surface area contributed by atoms with Crippen LogP contribution in [0.1, 0.15) is 104 Å². The fourth-order valence-electron chi connectivity index (χ4n) is 3.51. The number of aliphatic hydroxyl groups excluding tert-OH is 1. The van der Waals surface area contributed by atoms with E-state index < -0.39 is 26.3 Å². The fourth-order valence-corrected chi connectivity index (χ4v) is 4.24. The maximum Gasteiger partial charge on any atom is 0.268 e. The number of phosphoric acid groups is 1. The highest BCUT2D eigenvalue weighted by atomic mass is 31.2. The van der Waals surface area contributed by atoms with E-state index in [0.29, 0.717) is 17.4 Å². The van der Waals surface area contributed by atoms with Crippen molar-refractivity contribution in [1.82, 2.24) is 0 Å². The van der Waals surface area contributed by atoms with E-state index in [0.717, 1.165) is 19.3 Å². The Morgan fingerprint density at radius 3 is 1.79 bits per heavy atom. The summed E-state index contributed by atoms with van der Waals surface area (Å²) in [4.78, 5) is 11.7. The van der Waals surface area contributed by atoms with Gasteiger partial charge in [0, 0.05) is 6.42 Å². The van der Waals surface area contributed by atoms with Crippen LogP contribution in [0.5, 0.6) is 0 Å². The summed E-state index contributed by atoms with van der Waals surface area (Å²) in [5.41, 5.74) is 0. The third-order valence-corrected chi connectivity index (χ3v) is 6.73. The van der Waals surface area contributed by atoms with Crippen LogP contribution in [0, 0.1) is 0 Å². The van der Waals surface area contributed by atoms with E-state index in [4.69, 9.17) is 13.8 Å². The molecule has 0 amide bonds. The Hall–Kier alpha value is -0.0500. The molecule has 0 radical (unpaired) electrons. The Kier molecular flexibility index (Phi) is 19.1. The van der Waals surface area contributed by atoms with E-state index in [2.05, 4.69) is 6.92 Å². The Bertz CT molecular complexity index is 526.